The Morgan fingerprint density at radius 1 is 1.24 bits per heavy atom. The van der Waals surface area contributed by atoms with Crippen LogP contribution in [0.15, 0.2) is 30.3 Å². The average Bonchev–Trinajstić information content (AvgIpc) is 2.39. The van der Waals surface area contributed by atoms with E-state index >= 15 is 0 Å². The van der Waals surface area contributed by atoms with Crippen molar-refractivity contribution >= 4 is 28.8 Å². The molecule has 2 N–H and O–H groups in total. The zero-order chi connectivity index (χ0) is 15.6. The fourth-order valence-electron chi connectivity index (χ4n) is 2.11. The summed E-state index contributed by atoms with van der Waals surface area (Å²) in [6.45, 7) is 4.12. The third kappa shape index (κ3) is 3.71. The zero-order valence-electron chi connectivity index (χ0n) is 11.7. The smallest absolute Gasteiger partial charge is 0.125 e. The molecule has 0 heterocycles. The Hall–Kier alpha value is -1.65. The predicted octanol–water partition coefficient (Wildman–Crippen LogP) is 4.31. The highest BCUT2D eigenvalue weighted by atomic mass is 35.5. The molecule has 0 aliphatic heterocycles. The van der Waals surface area contributed by atoms with Gasteiger partial charge in [-0.15, -0.1) is 0 Å². The Kier molecular flexibility index (Phi) is 4.80. The first-order valence-corrected chi connectivity index (χ1v) is 7.15. The standard InChI is InChI=1S/C16H15ClFNOS/c1-9-5-12(16(19)21)6-10(2)15(9)20-8-11-3-4-13(18)7-14(11)17/h3-7H,8H2,1-2H3,(H2,19,21). The van der Waals surface area contributed by atoms with Gasteiger partial charge in [-0.2, -0.15) is 0 Å². The molecule has 0 saturated heterocycles. The van der Waals surface area contributed by atoms with Gasteiger partial charge in [0.15, 0.2) is 0 Å². The summed E-state index contributed by atoms with van der Waals surface area (Å²) < 4.78 is 18.8. The predicted molar refractivity (Wildman–Crippen MR) is 87.5 cm³/mol. The van der Waals surface area contributed by atoms with Gasteiger partial charge in [-0.25, -0.2) is 4.39 Å². The molecular weight excluding hydrogens is 309 g/mol. The SMILES string of the molecule is Cc1cc(C(N)=S)cc(C)c1OCc1ccc(F)cc1Cl. The summed E-state index contributed by atoms with van der Waals surface area (Å²) in [4.78, 5) is 0.356. The molecule has 0 aromatic heterocycles. The number of benzene rings is 2. The van der Waals surface area contributed by atoms with Gasteiger partial charge in [0.25, 0.3) is 0 Å². The van der Waals surface area contributed by atoms with Crippen LogP contribution in [0.4, 0.5) is 4.39 Å². The van der Waals surface area contributed by atoms with Gasteiger partial charge in [-0.3, -0.25) is 0 Å². The van der Waals surface area contributed by atoms with Gasteiger partial charge in [0.2, 0.25) is 0 Å². The molecule has 0 saturated carbocycles. The van der Waals surface area contributed by atoms with Crippen LogP contribution in [-0.2, 0) is 6.61 Å². The van der Waals surface area contributed by atoms with E-state index in [9.17, 15) is 4.39 Å². The Bertz CT molecular complexity index is 680. The van der Waals surface area contributed by atoms with Crippen molar-refractivity contribution in [3.63, 3.8) is 0 Å². The van der Waals surface area contributed by atoms with Crippen molar-refractivity contribution in [3.8, 4) is 5.75 Å². The molecule has 0 unspecified atom stereocenters. The molecule has 0 bridgehead atoms. The maximum Gasteiger partial charge on any atom is 0.125 e. The fraction of sp³-hybridized carbons (Fsp3) is 0.188. The van der Waals surface area contributed by atoms with Crippen LogP contribution in [0.3, 0.4) is 0 Å². The Morgan fingerprint density at radius 3 is 2.38 bits per heavy atom. The Balaban J connectivity index is 2.22. The lowest BCUT2D eigenvalue weighted by Gasteiger charge is -2.14. The van der Waals surface area contributed by atoms with E-state index in [0.717, 1.165) is 28.0 Å². The first-order valence-electron chi connectivity index (χ1n) is 6.36. The molecule has 2 rings (SSSR count). The second-order valence-electron chi connectivity index (χ2n) is 4.83. The minimum atomic E-state index is -0.364. The molecule has 0 atom stereocenters. The fourth-order valence-corrected chi connectivity index (χ4v) is 2.45. The highest BCUT2D eigenvalue weighted by molar-refractivity contribution is 7.80. The van der Waals surface area contributed by atoms with Crippen molar-refractivity contribution in [1.29, 1.82) is 0 Å². The van der Waals surface area contributed by atoms with Crippen LogP contribution in [0.2, 0.25) is 5.02 Å². The maximum absolute atomic E-state index is 13.0. The normalized spacial score (nSPS) is 10.5. The summed E-state index contributed by atoms with van der Waals surface area (Å²) in [6.07, 6.45) is 0. The molecule has 0 amide bonds. The summed E-state index contributed by atoms with van der Waals surface area (Å²) >= 11 is 11.0. The first kappa shape index (κ1) is 15.7. The number of rotatable bonds is 4. The summed E-state index contributed by atoms with van der Waals surface area (Å²) in [5.41, 5.74) is 9.06. The van der Waals surface area contributed by atoms with Gasteiger partial charge in [-0.05, 0) is 49.2 Å². The second kappa shape index (κ2) is 6.41. The lowest BCUT2D eigenvalue weighted by molar-refractivity contribution is 0.302. The van der Waals surface area contributed by atoms with Crippen molar-refractivity contribution in [2.45, 2.75) is 20.5 Å². The number of hydrogen-bond acceptors (Lipinski definition) is 2. The van der Waals surface area contributed by atoms with E-state index in [2.05, 4.69) is 0 Å². The summed E-state index contributed by atoms with van der Waals surface area (Å²) in [5.74, 6) is 0.396. The van der Waals surface area contributed by atoms with Gasteiger partial charge in [0.1, 0.15) is 23.2 Å². The lowest BCUT2D eigenvalue weighted by Crippen LogP contribution is -2.10. The van der Waals surface area contributed by atoms with Crippen molar-refractivity contribution in [1.82, 2.24) is 0 Å². The number of hydrogen-bond donors (Lipinski definition) is 1. The third-order valence-corrected chi connectivity index (χ3v) is 3.72. The Morgan fingerprint density at radius 2 is 1.86 bits per heavy atom. The molecule has 0 spiro atoms. The highest BCUT2D eigenvalue weighted by Gasteiger charge is 2.09. The maximum atomic E-state index is 13.0. The number of nitrogens with two attached hydrogens (primary N) is 1. The van der Waals surface area contributed by atoms with Gasteiger partial charge < -0.3 is 10.5 Å². The van der Waals surface area contributed by atoms with E-state index in [4.69, 9.17) is 34.3 Å². The van der Waals surface area contributed by atoms with Crippen LogP contribution in [0.5, 0.6) is 5.75 Å². The Labute approximate surface area is 133 Å². The van der Waals surface area contributed by atoms with Gasteiger partial charge in [0.05, 0.1) is 5.02 Å². The molecular formula is C16H15ClFNOS. The van der Waals surface area contributed by atoms with E-state index in [1.807, 2.05) is 26.0 Å². The van der Waals surface area contributed by atoms with E-state index in [1.165, 1.54) is 12.1 Å². The molecule has 0 fully saturated rings. The van der Waals surface area contributed by atoms with Crippen LogP contribution in [-0.4, -0.2) is 4.99 Å². The molecule has 110 valence electrons. The molecule has 5 heteroatoms. The van der Waals surface area contributed by atoms with Crippen LogP contribution < -0.4 is 10.5 Å². The van der Waals surface area contributed by atoms with Crippen molar-refractivity contribution in [3.05, 3.63) is 63.4 Å². The largest absolute Gasteiger partial charge is 0.488 e. The van der Waals surface area contributed by atoms with E-state index in [1.54, 1.807) is 6.07 Å². The molecule has 0 aliphatic carbocycles. The minimum absolute atomic E-state index is 0.271. The van der Waals surface area contributed by atoms with Crippen molar-refractivity contribution < 1.29 is 9.13 Å². The lowest BCUT2D eigenvalue weighted by atomic mass is 10.1. The van der Waals surface area contributed by atoms with Crippen LogP contribution >= 0.6 is 23.8 Å². The first-order chi connectivity index (χ1) is 9.88. The van der Waals surface area contributed by atoms with Gasteiger partial charge >= 0.3 is 0 Å². The molecule has 2 aromatic carbocycles. The summed E-state index contributed by atoms with van der Waals surface area (Å²) in [5, 5.41) is 0.352. The number of halogens is 2. The van der Waals surface area contributed by atoms with Crippen LogP contribution in [0, 0.1) is 19.7 Å². The topological polar surface area (TPSA) is 35.2 Å². The highest BCUT2D eigenvalue weighted by Crippen LogP contribution is 2.27. The molecule has 0 radical (unpaired) electrons. The number of ether oxygens (including phenoxy) is 1. The van der Waals surface area contributed by atoms with Gasteiger partial charge in [-0.1, -0.05) is 29.9 Å². The number of thiocarbonyl (C=S) groups is 1. The average molecular weight is 324 g/mol. The van der Waals surface area contributed by atoms with Gasteiger partial charge in [0, 0.05) is 11.1 Å². The number of aryl methyl sites for hydroxylation is 2. The zero-order valence-corrected chi connectivity index (χ0v) is 13.3. The second-order valence-corrected chi connectivity index (χ2v) is 5.67. The molecule has 21 heavy (non-hydrogen) atoms. The van der Waals surface area contributed by atoms with Crippen LogP contribution in [0.1, 0.15) is 22.3 Å². The minimum Gasteiger partial charge on any atom is -0.488 e. The van der Waals surface area contributed by atoms with Crippen molar-refractivity contribution in [2.24, 2.45) is 5.73 Å². The third-order valence-electron chi connectivity index (χ3n) is 3.13. The van der Waals surface area contributed by atoms with Crippen LogP contribution in [0.25, 0.3) is 0 Å². The summed E-state index contributed by atoms with van der Waals surface area (Å²) in [7, 11) is 0. The molecule has 2 aromatic rings. The summed E-state index contributed by atoms with van der Waals surface area (Å²) in [6, 6.07) is 8.02. The van der Waals surface area contributed by atoms with E-state index in [0.29, 0.717) is 10.0 Å². The van der Waals surface area contributed by atoms with Crippen molar-refractivity contribution in [2.75, 3.05) is 0 Å². The van der Waals surface area contributed by atoms with E-state index < -0.39 is 0 Å². The molecule has 2 nitrogen and oxygen atoms in total. The quantitative estimate of drug-likeness (QED) is 0.852. The van der Waals surface area contributed by atoms with E-state index in [-0.39, 0.29) is 12.4 Å². The molecule has 0 aliphatic rings. The monoisotopic (exact) mass is 323 g/mol.